The molecule has 1 aromatic heterocycles. The van der Waals surface area contributed by atoms with Crippen LogP contribution in [0.15, 0.2) is 12.3 Å². The molecule has 1 saturated heterocycles. The summed E-state index contributed by atoms with van der Waals surface area (Å²) in [6.07, 6.45) is 0.540. The average Bonchev–Trinajstić information content (AvgIpc) is 2.48. The molecule has 7 nitrogen and oxygen atoms in total. The molecule has 1 aromatic rings. The minimum absolute atomic E-state index is 0.119. The summed E-state index contributed by atoms with van der Waals surface area (Å²) in [6, 6.07) is 1.51. The van der Waals surface area contributed by atoms with Crippen molar-refractivity contribution in [3.05, 3.63) is 17.0 Å². The Morgan fingerprint density at radius 1 is 1.45 bits per heavy atom. The molecule has 8 heteroatoms. The van der Waals surface area contributed by atoms with E-state index in [9.17, 15) is 15.3 Å². The third-order valence-electron chi connectivity index (χ3n) is 4.27. The second kappa shape index (κ2) is 4.47. The van der Waals surface area contributed by atoms with Crippen LogP contribution in [0.3, 0.4) is 0 Å². The summed E-state index contributed by atoms with van der Waals surface area (Å²) < 4.78 is 7.22. The van der Waals surface area contributed by atoms with Crippen molar-refractivity contribution in [2.24, 2.45) is 0 Å². The van der Waals surface area contributed by atoms with Gasteiger partial charge in [-0.2, -0.15) is 0 Å². The second-order valence-electron chi connectivity index (χ2n) is 5.62. The zero-order valence-corrected chi connectivity index (χ0v) is 12.4. The SMILES string of the molecule is CC1(CO)OC(n2ccc(N)nc2=S)C(C)(O)C1(C)O. The predicted octanol–water partition coefficient (Wildman–Crippen LogP) is -0.0234. The van der Waals surface area contributed by atoms with Gasteiger partial charge in [-0.25, -0.2) is 4.98 Å². The molecule has 2 rings (SSSR count). The van der Waals surface area contributed by atoms with Crippen molar-refractivity contribution < 1.29 is 20.1 Å². The van der Waals surface area contributed by atoms with Gasteiger partial charge >= 0.3 is 0 Å². The van der Waals surface area contributed by atoms with E-state index in [0.29, 0.717) is 0 Å². The highest BCUT2D eigenvalue weighted by Gasteiger charge is 2.67. The highest BCUT2D eigenvalue weighted by molar-refractivity contribution is 7.71. The first-order valence-corrected chi connectivity index (χ1v) is 6.56. The number of ether oxygens (including phenoxy) is 1. The van der Waals surface area contributed by atoms with Gasteiger partial charge in [-0.05, 0) is 39.1 Å². The van der Waals surface area contributed by atoms with Crippen LogP contribution < -0.4 is 5.73 Å². The van der Waals surface area contributed by atoms with E-state index in [4.69, 9.17) is 22.7 Å². The largest absolute Gasteiger partial charge is 0.393 e. The summed E-state index contributed by atoms with van der Waals surface area (Å²) >= 11 is 5.10. The minimum Gasteiger partial charge on any atom is -0.393 e. The van der Waals surface area contributed by atoms with Crippen LogP contribution in [0.2, 0.25) is 0 Å². The summed E-state index contributed by atoms with van der Waals surface area (Å²) in [5, 5.41) is 30.8. The molecule has 1 aliphatic rings. The Morgan fingerprint density at radius 2 is 2.05 bits per heavy atom. The summed E-state index contributed by atoms with van der Waals surface area (Å²) in [4.78, 5) is 3.93. The molecule has 0 radical (unpaired) electrons. The maximum Gasteiger partial charge on any atom is 0.203 e. The maximum absolute atomic E-state index is 10.7. The molecule has 20 heavy (non-hydrogen) atoms. The number of aliphatic hydroxyl groups is 3. The molecular weight excluding hydrogens is 282 g/mol. The first kappa shape index (κ1) is 15.3. The average molecular weight is 301 g/mol. The fraction of sp³-hybridized carbons (Fsp3) is 0.667. The van der Waals surface area contributed by atoms with Crippen LogP contribution in [0.5, 0.6) is 0 Å². The van der Waals surface area contributed by atoms with Crippen LogP contribution in [-0.4, -0.2) is 48.3 Å². The number of nitrogens with zero attached hydrogens (tertiary/aromatic N) is 2. The topological polar surface area (TPSA) is 114 Å². The maximum atomic E-state index is 10.7. The molecule has 0 saturated carbocycles. The Labute approximate surface area is 121 Å². The Hall–Kier alpha value is -1.06. The minimum atomic E-state index is -1.68. The fourth-order valence-electron chi connectivity index (χ4n) is 2.37. The first-order chi connectivity index (χ1) is 9.07. The van der Waals surface area contributed by atoms with Gasteiger partial charge in [0.1, 0.15) is 22.6 Å². The molecule has 0 aliphatic carbocycles. The highest BCUT2D eigenvalue weighted by Crippen LogP contribution is 2.50. The number of aromatic nitrogens is 2. The van der Waals surface area contributed by atoms with Crippen molar-refractivity contribution >= 4 is 18.0 Å². The number of aliphatic hydroxyl groups excluding tert-OH is 1. The van der Waals surface area contributed by atoms with E-state index in [-0.39, 0.29) is 10.6 Å². The monoisotopic (exact) mass is 301 g/mol. The number of hydrogen-bond acceptors (Lipinski definition) is 7. The van der Waals surface area contributed by atoms with Gasteiger partial charge in [-0.3, -0.25) is 4.57 Å². The van der Waals surface area contributed by atoms with Gasteiger partial charge in [0, 0.05) is 6.20 Å². The number of hydrogen-bond donors (Lipinski definition) is 4. The summed E-state index contributed by atoms with van der Waals surface area (Å²) in [5.74, 6) is 0.251. The van der Waals surface area contributed by atoms with Crippen molar-refractivity contribution in [3.63, 3.8) is 0 Å². The number of nitrogens with two attached hydrogens (primary N) is 1. The molecule has 4 atom stereocenters. The zero-order valence-electron chi connectivity index (χ0n) is 11.6. The smallest absolute Gasteiger partial charge is 0.203 e. The van der Waals surface area contributed by atoms with Crippen molar-refractivity contribution in [2.75, 3.05) is 12.3 Å². The number of anilines is 1. The predicted molar refractivity (Wildman–Crippen MR) is 74.3 cm³/mol. The lowest BCUT2D eigenvalue weighted by atomic mass is 9.76. The van der Waals surface area contributed by atoms with Crippen molar-refractivity contribution in [2.45, 2.75) is 43.8 Å². The molecule has 0 aromatic carbocycles. The van der Waals surface area contributed by atoms with E-state index in [1.54, 1.807) is 0 Å². The van der Waals surface area contributed by atoms with Gasteiger partial charge in [-0.15, -0.1) is 0 Å². The third kappa shape index (κ3) is 1.87. The van der Waals surface area contributed by atoms with Gasteiger partial charge in [0.05, 0.1) is 6.61 Å². The molecule has 5 N–H and O–H groups in total. The molecule has 0 spiro atoms. The molecule has 112 valence electrons. The van der Waals surface area contributed by atoms with Gasteiger partial charge in [0.25, 0.3) is 0 Å². The number of nitrogen functional groups attached to an aromatic ring is 1. The van der Waals surface area contributed by atoms with E-state index < -0.39 is 29.6 Å². The quantitative estimate of drug-likeness (QED) is 0.567. The van der Waals surface area contributed by atoms with E-state index in [0.717, 1.165) is 0 Å². The van der Waals surface area contributed by atoms with Crippen LogP contribution in [0, 0.1) is 4.77 Å². The zero-order chi connectivity index (χ0) is 15.3. The van der Waals surface area contributed by atoms with Crippen LogP contribution in [0.4, 0.5) is 5.82 Å². The normalized spacial score (nSPS) is 41.0. The Kier molecular flexibility index (Phi) is 3.43. The van der Waals surface area contributed by atoms with E-state index in [2.05, 4.69) is 4.98 Å². The highest BCUT2D eigenvalue weighted by atomic mass is 32.1. The Bertz CT molecular complexity index is 586. The van der Waals surface area contributed by atoms with Crippen LogP contribution in [0.1, 0.15) is 27.0 Å². The van der Waals surface area contributed by atoms with Crippen LogP contribution in [0.25, 0.3) is 0 Å². The van der Waals surface area contributed by atoms with Crippen molar-refractivity contribution in [1.82, 2.24) is 9.55 Å². The van der Waals surface area contributed by atoms with Gasteiger partial charge in [0.2, 0.25) is 4.77 Å². The lowest BCUT2D eigenvalue weighted by Gasteiger charge is -2.39. The van der Waals surface area contributed by atoms with Crippen molar-refractivity contribution in [3.8, 4) is 0 Å². The molecule has 1 fully saturated rings. The van der Waals surface area contributed by atoms with E-state index in [1.807, 2.05) is 0 Å². The standard InChI is InChI=1S/C12H19N3O4S/c1-10(6-16)12(3,18)11(2,17)8(19-10)15-5-4-7(13)14-9(15)20/h4-5,8,16-18H,6H2,1-3H3,(H2,13,14,20). The summed E-state index contributed by atoms with van der Waals surface area (Å²) in [7, 11) is 0. The van der Waals surface area contributed by atoms with Crippen LogP contribution >= 0.6 is 12.2 Å². The second-order valence-corrected chi connectivity index (χ2v) is 5.99. The van der Waals surface area contributed by atoms with E-state index >= 15 is 0 Å². The third-order valence-corrected chi connectivity index (χ3v) is 4.58. The fourth-order valence-corrected chi connectivity index (χ4v) is 2.64. The lowest BCUT2D eigenvalue weighted by molar-refractivity contribution is -0.162. The molecular formula is C12H19N3O4S. The molecule has 4 unspecified atom stereocenters. The first-order valence-electron chi connectivity index (χ1n) is 6.15. The van der Waals surface area contributed by atoms with E-state index in [1.165, 1.54) is 37.6 Å². The summed E-state index contributed by atoms with van der Waals surface area (Å²) in [6.45, 7) is 3.91. The van der Waals surface area contributed by atoms with Gasteiger partial charge in [-0.1, -0.05) is 0 Å². The van der Waals surface area contributed by atoms with Gasteiger partial charge in [0.15, 0.2) is 6.23 Å². The number of rotatable bonds is 2. The molecule has 0 amide bonds. The van der Waals surface area contributed by atoms with Crippen LogP contribution in [-0.2, 0) is 4.74 Å². The van der Waals surface area contributed by atoms with Crippen molar-refractivity contribution in [1.29, 1.82) is 0 Å². The summed E-state index contributed by atoms with van der Waals surface area (Å²) in [5.41, 5.74) is 0.842. The molecule has 0 bridgehead atoms. The Balaban J connectivity index is 2.56. The molecule has 2 heterocycles. The lowest BCUT2D eigenvalue weighted by Crippen LogP contribution is -2.60. The Morgan fingerprint density at radius 3 is 2.50 bits per heavy atom. The molecule has 1 aliphatic heterocycles. The van der Waals surface area contributed by atoms with Gasteiger partial charge < -0.3 is 25.8 Å².